The maximum absolute atomic E-state index is 12.7. The molecule has 0 aliphatic heterocycles. The van der Waals surface area contributed by atoms with Crippen molar-refractivity contribution < 1.29 is 9.32 Å². The van der Waals surface area contributed by atoms with Crippen LogP contribution in [0.25, 0.3) is 17.1 Å². The fraction of sp³-hybridized carbons (Fsp3) is 0.217. The van der Waals surface area contributed by atoms with E-state index in [-0.39, 0.29) is 12.3 Å². The van der Waals surface area contributed by atoms with E-state index in [9.17, 15) is 4.79 Å². The lowest BCUT2D eigenvalue weighted by molar-refractivity contribution is -0.116. The Hall–Kier alpha value is -3.74. The van der Waals surface area contributed by atoms with Crippen LogP contribution in [0.5, 0.6) is 0 Å². The number of anilines is 1. The van der Waals surface area contributed by atoms with Crippen LogP contribution in [-0.2, 0) is 24.1 Å². The smallest absolute Gasteiger partial charge is 0.227 e. The lowest BCUT2D eigenvalue weighted by atomic mass is 10.2. The molecule has 1 aliphatic rings. The quantitative estimate of drug-likeness (QED) is 0.530. The second-order valence-electron chi connectivity index (χ2n) is 7.30. The minimum absolute atomic E-state index is 0.0961. The third kappa shape index (κ3) is 3.61. The van der Waals surface area contributed by atoms with Crippen molar-refractivity contribution in [2.24, 2.45) is 0 Å². The lowest BCUT2D eigenvalue weighted by Crippen LogP contribution is -2.16. The molecule has 7 nitrogen and oxygen atoms in total. The van der Waals surface area contributed by atoms with Gasteiger partial charge in [-0.05, 0) is 31.4 Å². The summed E-state index contributed by atoms with van der Waals surface area (Å²) in [5.74, 6) is 1.66. The molecule has 0 bridgehead atoms. The Morgan fingerprint density at radius 3 is 2.60 bits per heavy atom. The summed E-state index contributed by atoms with van der Waals surface area (Å²) in [6.45, 7) is 0. The molecule has 1 N–H and O–H groups in total. The third-order valence-electron chi connectivity index (χ3n) is 5.23. The Balaban J connectivity index is 1.29. The number of nitrogens with zero attached hydrogens (tertiary/aromatic N) is 4. The normalized spacial score (nSPS) is 12.7. The number of benzene rings is 2. The first-order valence-electron chi connectivity index (χ1n) is 10.1. The first-order valence-corrected chi connectivity index (χ1v) is 10.1. The minimum atomic E-state index is -0.0961. The number of hydrogen-bond donors (Lipinski definition) is 1. The van der Waals surface area contributed by atoms with Gasteiger partial charge in [0.05, 0.1) is 11.4 Å². The molecule has 7 heteroatoms. The van der Waals surface area contributed by atoms with Crippen LogP contribution in [0.1, 0.15) is 30.0 Å². The van der Waals surface area contributed by atoms with Crippen molar-refractivity contribution in [3.8, 4) is 17.1 Å². The van der Waals surface area contributed by atoms with E-state index in [0.29, 0.717) is 18.1 Å². The number of carbonyl (C=O) groups excluding carboxylic acids is 1. The van der Waals surface area contributed by atoms with Crippen molar-refractivity contribution in [2.75, 3.05) is 5.32 Å². The molecule has 150 valence electrons. The van der Waals surface area contributed by atoms with Crippen LogP contribution < -0.4 is 5.32 Å². The molecule has 0 radical (unpaired) electrons. The summed E-state index contributed by atoms with van der Waals surface area (Å²) in [4.78, 5) is 17.1. The highest BCUT2D eigenvalue weighted by Gasteiger charge is 2.24. The molecule has 4 aromatic rings. The molecule has 5 rings (SSSR count). The van der Waals surface area contributed by atoms with E-state index in [4.69, 9.17) is 9.62 Å². The van der Waals surface area contributed by atoms with Gasteiger partial charge in [-0.25, -0.2) is 4.68 Å². The van der Waals surface area contributed by atoms with Gasteiger partial charge in [-0.1, -0.05) is 53.7 Å². The summed E-state index contributed by atoms with van der Waals surface area (Å²) in [5, 5.41) is 11.8. The summed E-state index contributed by atoms with van der Waals surface area (Å²) in [6, 6.07) is 19.5. The average molecular weight is 399 g/mol. The van der Waals surface area contributed by atoms with Gasteiger partial charge in [0.15, 0.2) is 0 Å². The number of carbonyl (C=O) groups is 1. The highest BCUT2D eigenvalue weighted by Crippen LogP contribution is 2.31. The van der Waals surface area contributed by atoms with Gasteiger partial charge in [-0.2, -0.15) is 10.1 Å². The van der Waals surface area contributed by atoms with Gasteiger partial charge >= 0.3 is 0 Å². The summed E-state index contributed by atoms with van der Waals surface area (Å²) in [7, 11) is 0. The van der Waals surface area contributed by atoms with E-state index in [1.807, 2.05) is 65.3 Å². The molecule has 0 atom stereocenters. The zero-order valence-electron chi connectivity index (χ0n) is 16.4. The van der Waals surface area contributed by atoms with Crippen molar-refractivity contribution in [3.63, 3.8) is 0 Å². The molecular formula is C23H21N5O2. The van der Waals surface area contributed by atoms with Crippen LogP contribution in [-0.4, -0.2) is 25.8 Å². The van der Waals surface area contributed by atoms with Crippen molar-refractivity contribution >= 4 is 11.7 Å². The first kappa shape index (κ1) is 18.3. The van der Waals surface area contributed by atoms with Gasteiger partial charge in [0.2, 0.25) is 17.6 Å². The largest absolute Gasteiger partial charge is 0.339 e. The fourth-order valence-electron chi connectivity index (χ4n) is 3.75. The monoisotopic (exact) mass is 399 g/mol. The van der Waals surface area contributed by atoms with E-state index >= 15 is 0 Å². The Bertz CT molecular complexity index is 1170. The van der Waals surface area contributed by atoms with Gasteiger partial charge in [0.25, 0.3) is 0 Å². The summed E-state index contributed by atoms with van der Waals surface area (Å²) in [6.07, 6.45) is 3.59. The second kappa shape index (κ2) is 7.94. The molecule has 0 fully saturated rings. The van der Waals surface area contributed by atoms with Gasteiger partial charge in [0.1, 0.15) is 5.82 Å². The van der Waals surface area contributed by atoms with Crippen LogP contribution in [0, 0.1) is 0 Å². The second-order valence-corrected chi connectivity index (χ2v) is 7.30. The third-order valence-corrected chi connectivity index (χ3v) is 5.23. The standard InChI is InChI=1S/C23H21N5O2/c29-20(14-15-21-25-22(27-30-21)16-8-3-1-4-9-16)24-23-18-12-7-13-19(18)26-28(23)17-10-5-2-6-11-17/h1-6,8-11H,7,12-15H2,(H,24,29). The van der Waals surface area contributed by atoms with E-state index in [1.54, 1.807) is 0 Å². The predicted octanol–water partition coefficient (Wildman–Crippen LogP) is 3.98. The van der Waals surface area contributed by atoms with Gasteiger partial charge < -0.3 is 9.84 Å². The van der Waals surface area contributed by atoms with Gasteiger partial charge in [-0.3, -0.25) is 4.79 Å². The zero-order chi connectivity index (χ0) is 20.3. The van der Waals surface area contributed by atoms with Crippen molar-refractivity contribution in [1.82, 2.24) is 19.9 Å². The fourth-order valence-corrected chi connectivity index (χ4v) is 3.75. The molecule has 0 saturated heterocycles. The van der Waals surface area contributed by atoms with Crippen LogP contribution in [0.2, 0.25) is 0 Å². The van der Waals surface area contributed by atoms with Crippen molar-refractivity contribution in [1.29, 1.82) is 0 Å². The molecule has 1 amide bonds. The van der Waals surface area contributed by atoms with E-state index in [1.165, 1.54) is 0 Å². The number of aromatic nitrogens is 4. The van der Waals surface area contributed by atoms with Crippen LogP contribution >= 0.6 is 0 Å². The number of hydrogen-bond acceptors (Lipinski definition) is 5. The number of amides is 1. The molecule has 0 unspecified atom stereocenters. The van der Waals surface area contributed by atoms with Crippen LogP contribution in [0.3, 0.4) is 0 Å². The lowest BCUT2D eigenvalue weighted by Gasteiger charge is -2.10. The van der Waals surface area contributed by atoms with Crippen LogP contribution in [0.4, 0.5) is 5.82 Å². The van der Waals surface area contributed by atoms with Gasteiger partial charge in [0, 0.05) is 24.0 Å². The van der Waals surface area contributed by atoms with Gasteiger partial charge in [-0.15, -0.1) is 0 Å². The highest BCUT2D eigenvalue weighted by atomic mass is 16.5. The molecule has 2 heterocycles. The highest BCUT2D eigenvalue weighted by molar-refractivity contribution is 5.91. The Morgan fingerprint density at radius 2 is 1.80 bits per heavy atom. The number of rotatable bonds is 6. The van der Waals surface area contributed by atoms with Crippen molar-refractivity contribution in [3.05, 3.63) is 77.8 Å². The average Bonchev–Trinajstić information content (AvgIpc) is 3.51. The number of fused-ring (bicyclic) bond motifs is 1. The summed E-state index contributed by atoms with van der Waals surface area (Å²) in [5.41, 5.74) is 4.03. The zero-order valence-corrected chi connectivity index (χ0v) is 16.4. The SMILES string of the molecule is O=C(CCc1nc(-c2ccccc2)no1)Nc1c2c(nn1-c1ccccc1)CCC2. The topological polar surface area (TPSA) is 85.8 Å². The predicted molar refractivity (Wildman–Crippen MR) is 112 cm³/mol. The molecule has 2 aromatic heterocycles. The molecule has 2 aromatic carbocycles. The molecule has 0 saturated carbocycles. The number of para-hydroxylation sites is 1. The van der Waals surface area contributed by atoms with E-state index in [2.05, 4.69) is 15.5 Å². The minimum Gasteiger partial charge on any atom is -0.339 e. The maximum atomic E-state index is 12.7. The van der Waals surface area contributed by atoms with E-state index < -0.39 is 0 Å². The molecular weight excluding hydrogens is 378 g/mol. The Morgan fingerprint density at radius 1 is 1.03 bits per heavy atom. The Kier molecular flexibility index (Phi) is 4.85. The van der Waals surface area contributed by atoms with Crippen molar-refractivity contribution in [2.45, 2.75) is 32.1 Å². The maximum Gasteiger partial charge on any atom is 0.227 e. The first-order chi connectivity index (χ1) is 14.8. The molecule has 0 spiro atoms. The van der Waals surface area contributed by atoms with Crippen LogP contribution in [0.15, 0.2) is 65.2 Å². The number of aryl methyl sites for hydroxylation is 2. The Labute approximate surface area is 173 Å². The molecule has 1 aliphatic carbocycles. The molecule has 30 heavy (non-hydrogen) atoms. The summed E-state index contributed by atoms with van der Waals surface area (Å²) < 4.78 is 7.15. The number of nitrogens with one attached hydrogen (secondary N) is 1. The van der Waals surface area contributed by atoms with E-state index in [0.717, 1.165) is 47.6 Å². The summed E-state index contributed by atoms with van der Waals surface area (Å²) >= 11 is 0.